The van der Waals surface area contributed by atoms with E-state index in [-0.39, 0.29) is 0 Å². The Morgan fingerprint density at radius 1 is 1.17 bits per heavy atom. The van der Waals surface area contributed by atoms with Crippen LogP contribution >= 0.6 is 12.2 Å². The minimum Gasteiger partial charge on any atom is -0.389 e. The molecular weight excluding hydrogens is 240 g/mol. The maximum absolute atomic E-state index is 5.72. The molecular formula is C15H16N2S. The van der Waals surface area contributed by atoms with Gasteiger partial charge in [-0.05, 0) is 36.2 Å². The molecule has 0 atom stereocenters. The van der Waals surface area contributed by atoms with Crippen molar-refractivity contribution in [1.29, 1.82) is 0 Å². The van der Waals surface area contributed by atoms with Crippen molar-refractivity contribution in [2.75, 3.05) is 5.32 Å². The maximum Gasteiger partial charge on any atom is 0.106 e. The van der Waals surface area contributed by atoms with Crippen LogP contribution < -0.4 is 11.1 Å². The number of benzene rings is 2. The van der Waals surface area contributed by atoms with Crippen LogP contribution in [0.3, 0.4) is 0 Å². The molecule has 0 spiro atoms. The van der Waals surface area contributed by atoms with E-state index < -0.39 is 0 Å². The lowest BCUT2D eigenvalue weighted by atomic mass is 10.1. The van der Waals surface area contributed by atoms with Gasteiger partial charge in [0.2, 0.25) is 0 Å². The quantitative estimate of drug-likeness (QED) is 0.820. The Kier molecular flexibility index (Phi) is 3.95. The Morgan fingerprint density at radius 3 is 2.67 bits per heavy atom. The third-order valence-corrected chi connectivity index (χ3v) is 3.03. The average molecular weight is 256 g/mol. The van der Waals surface area contributed by atoms with E-state index in [9.17, 15) is 0 Å². The summed E-state index contributed by atoms with van der Waals surface area (Å²) in [5.41, 5.74) is 9.88. The number of anilines is 2. The first kappa shape index (κ1) is 12.6. The number of para-hydroxylation sites is 1. The van der Waals surface area contributed by atoms with Crippen molar-refractivity contribution in [3.05, 3.63) is 59.7 Å². The molecule has 0 saturated carbocycles. The van der Waals surface area contributed by atoms with Crippen LogP contribution in [-0.2, 0) is 6.42 Å². The van der Waals surface area contributed by atoms with Crippen molar-refractivity contribution in [1.82, 2.24) is 0 Å². The second-order valence-corrected chi connectivity index (χ2v) is 4.53. The zero-order chi connectivity index (χ0) is 13.0. The van der Waals surface area contributed by atoms with Gasteiger partial charge in [-0.25, -0.2) is 0 Å². The van der Waals surface area contributed by atoms with Gasteiger partial charge < -0.3 is 11.1 Å². The van der Waals surface area contributed by atoms with Crippen molar-refractivity contribution in [2.45, 2.75) is 13.3 Å². The summed E-state index contributed by atoms with van der Waals surface area (Å²) in [5, 5.41) is 3.36. The maximum atomic E-state index is 5.72. The highest BCUT2D eigenvalue weighted by molar-refractivity contribution is 7.80. The fourth-order valence-electron chi connectivity index (χ4n) is 1.83. The highest BCUT2D eigenvalue weighted by atomic mass is 32.1. The van der Waals surface area contributed by atoms with Crippen LogP contribution in [-0.4, -0.2) is 4.99 Å². The minimum atomic E-state index is 0.407. The van der Waals surface area contributed by atoms with E-state index in [1.165, 1.54) is 5.56 Å². The van der Waals surface area contributed by atoms with Gasteiger partial charge in [0.1, 0.15) is 4.99 Å². The van der Waals surface area contributed by atoms with E-state index >= 15 is 0 Å². The predicted octanol–water partition coefficient (Wildman–Crippen LogP) is 3.63. The molecule has 0 aliphatic heterocycles. The summed E-state index contributed by atoms with van der Waals surface area (Å²) in [6, 6.07) is 16.1. The van der Waals surface area contributed by atoms with Gasteiger partial charge in [0.15, 0.2) is 0 Å². The number of thiocarbonyl (C=S) groups is 1. The molecule has 0 unspecified atom stereocenters. The number of rotatable bonds is 4. The van der Waals surface area contributed by atoms with Gasteiger partial charge in [-0.2, -0.15) is 0 Å². The van der Waals surface area contributed by atoms with Crippen LogP contribution in [0.15, 0.2) is 48.5 Å². The van der Waals surface area contributed by atoms with E-state index in [4.69, 9.17) is 18.0 Å². The van der Waals surface area contributed by atoms with Gasteiger partial charge >= 0.3 is 0 Å². The van der Waals surface area contributed by atoms with Gasteiger partial charge in [0.05, 0.1) is 0 Å². The molecule has 18 heavy (non-hydrogen) atoms. The molecule has 0 heterocycles. The molecule has 0 aromatic heterocycles. The predicted molar refractivity (Wildman–Crippen MR) is 81.4 cm³/mol. The van der Waals surface area contributed by atoms with E-state index in [0.29, 0.717) is 4.99 Å². The molecule has 0 radical (unpaired) electrons. The Labute approximate surface area is 113 Å². The lowest BCUT2D eigenvalue weighted by Gasteiger charge is -2.11. The molecule has 2 aromatic rings. The zero-order valence-corrected chi connectivity index (χ0v) is 11.1. The largest absolute Gasteiger partial charge is 0.389 e. The highest BCUT2D eigenvalue weighted by Crippen LogP contribution is 2.21. The van der Waals surface area contributed by atoms with Crippen molar-refractivity contribution in [3.8, 4) is 0 Å². The van der Waals surface area contributed by atoms with Crippen LogP contribution in [0.2, 0.25) is 0 Å². The van der Waals surface area contributed by atoms with Crippen LogP contribution in [0, 0.1) is 0 Å². The molecule has 3 N–H and O–H groups in total. The molecule has 92 valence electrons. The summed E-state index contributed by atoms with van der Waals surface area (Å²) in [4.78, 5) is 0.407. The third kappa shape index (κ3) is 2.87. The summed E-state index contributed by atoms with van der Waals surface area (Å²) in [6.07, 6.45) is 1.02. The minimum absolute atomic E-state index is 0.407. The summed E-state index contributed by atoms with van der Waals surface area (Å²) in [6.45, 7) is 2.14. The lowest BCUT2D eigenvalue weighted by molar-refractivity contribution is 1.14. The molecule has 0 aliphatic carbocycles. The van der Waals surface area contributed by atoms with Crippen molar-refractivity contribution in [3.63, 3.8) is 0 Å². The Bertz CT molecular complexity index is 564. The van der Waals surface area contributed by atoms with E-state index in [2.05, 4.69) is 24.4 Å². The van der Waals surface area contributed by atoms with Crippen molar-refractivity contribution < 1.29 is 0 Å². The fourth-order valence-corrected chi connectivity index (χ4v) is 2.01. The molecule has 2 nitrogen and oxygen atoms in total. The van der Waals surface area contributed by atoms with Crippen LogP contribution in [0.25, 0.3) is 0 Å². The topological polar surface area (TPSA) is 38.0 Å². The molecule has 2 rings (SSSR count). The standard InChI is InChI=1S/C15H16N2S/c1-2-11-6-5-7-12(10-11)17-14-9-4-3-8-13(14)15(16)18/h3-10,17H,2H2,1H3,(H2,16,18). The summed E-state index contributed by atoms with van der Waals surface area (Å²) < 4.78 is 0. The van der Waals surface area contributed by atoms with Crippen molar-refractivity contribution >= 4 is 28.6 Å². The van der Waals surface area contributed by atoms with Gasteiger partial charge in [0, 0.05) is 16.9 Å². The summed E-state index contributed by atoms with van der Waals surface area (Å²) in [7, 11) is 0. The second kappa shape index (κ2) is 5.65. The first-order valence-corrected chi connectivity index (χ1v) is 6.36. The Balaban J connectivity index is 2.31. The summed E-state index contributed by atoms with van der Waals surface area (Å²) >= 11 is 5.05. The zero-order valence-electron chi connectivity index (χ0n) is 10.3. The van der Waals surface area contributed by atoms with Gasteiger partial charge in [0.25, 0.3) is 0 Å². The fraction of sp³-hybridized carbons (Fsp3) is 0.133. The molecule has 0 fully saturated rings. The SMILES string of the molecule is CCc1cccc(Nc2ccccc2C(N)=S)c1. The molecule has 0 amide bonds. The van der Waals surface area contributed by atoms with Crippen LogP contribution in [0.4, 0.5) is 11.4 Å². The van der Waals surface area contributed by atoms with E-state index in [0.717, 1.165) is 23.4 Å². The molecule has 2 aromatic carbocycles. The monoisotopic (exact) mass is 256 g/mol. The first-order chi connectivity index (χ1) is 8.70. The molecule has 0 bridgehead atoms. The number of nitrogens with one attached hydrogen (secondary N) is 1. The third-order valence-electron chi connectivity index (χ3n) is 2.81. The van der Waals surface area contributed by atoms with Gasteiger partial charge in [-0.15, -0.1) is 0 Å². The number of aryl methyl sites for hydroxylation is 1. The number of hydrogen-bond acceptors (Lipinski definition) is 2. The normalized spacial score (nSPS) is 10.1. The van der Waals surface area contributed by atoms with Crippen LogP contribution in [0.1, 0.15) is 18.1 Å². The smallest absolute Gasteiger partial charge is 0.106 e. The molecule has 3 heteroatoms. The van der Waals surface area contributed by atoms with Crippen molar-refractivity contribution in [2.24, 2.45) is 5.73 Å². The Hall–Kier alpha value is -1.87. The van der Waals surface area contributed by atoms with E-state index in [1.54, 1.807) is 0 Å². The average Bonchev–Trinajstić information content (AvgIpc) is 2.39. The van der Waals surface area contributed by atoms with Crippen LogP contribution in [0.5, 0.6) is 0 Å². The molecule has 0 saturated heterocycles. The summed E-state index contributed by atoms with van der Waals surface area (Å²) in [5.74, 6) is 0. The lowest BCUT2D eigenvalue weighted by Crippen LogP contribution is -2.11. The second-order valence-electron chi connectivity index (χ2n) is 4.09. The number of hydrogen-bond donors (Lipinski definition) is 2. The van der Waals surface area contributed by atoms with Gasteiger partial charge in [-0.1, -0.05) is 43.4 Å². The Morgan fingerprint density at radius 2 is 1.94 bits per heavy atom. The number of nitrogens with two attached hydrogens (primary N) is 1. The molecule has 0 aliphatic rings. The highest BCUT2D eigenvalue weighted by Gasteiger charge is 2.04. The first-order valence-electron chi connectivity index (χ1n) is 5.95. The van der Waals surface area contributed by atoms with Gasteiger partial charge in [-0.3, -0.25) is 0 Å². The van der Waals surface area contributed by atoms with E-state index in [1.807, 2.05) is 36.4 Å².